The molecule has 0 aromatic carbocycles. The minimum absolute atomic E-state index is 0.00477. The summed E-state index contributed by atoms with van der Waals surface area (Å²) in [7, 11) is -3.02. The van der Waals surface area contributed by atoms with Gasteiger partial charge in [0.15, 0.2) is 9.84 Å². The smallest absolute Gasteiger partial charge is 0.150 e. The van der Waals surface area contributed by atoms with Gasteiger partial charge in [-0.3, -0.25) is 4.79 Å². The van der Waals surface area contributed by atoms with E-state index < -0.39 is 9.84 Å². The van der Waals surface area contributed by atoms with E-state index in [1.807, 2.05) is 27.7 Å². The largest absolute Gasteiger partial charge is 0.312 e. The Bertz CT molecular complexity index is 328. The molecule has 102 valence electrons. The average molecular weight is 263 g/mol. The summed E-state index contributed by atoms with van der Waals surface area (Å²) in [6.45, 7) is 8.53. The zero-order valence-corrected chi connectivity index (χ0v) is 12.2. The van der Waals surface area contributed by atoms with E-state index in [9.17, 15) is 13.2 Å². The molecule has 0 bridgehead atoms. The molecule has 0 aromatic heterocycles. The summed E-state index contributed by atoms with van der Waals surface area (Å²) in [4.78, 5) is 11.5. The molecule has 0 aliphatic heterocycles. The van der Waals surface area contributed by atoms with Gasteiger partial charge < -0.3 is 5.32 Å². The van der Waals surface area contributed by atoms with Crippen LogP contribution in [0.2, 0.25) is 0 Å². The third-order valence-electron chi connectivity index (χ3n) is 2.27. The van der Waals surface area contributed by atoms with Crippen molar-refractivity contribution in [1.82, 2.24) is 5.32 Å². The maximum atomic E-state index is 11.5. The van der Waals surface area contributed by atoms with Gasteiger partial charge in [0.2, 0.25) is 0 Å². The summed E-state index contributed by atoms with van der Waals surface area (Å²) >= 11 is 0. The molecule has 0 radical (unpaired) electrons. The monoisotopic (exact) mass is 263 g/mol. The topological polar surface area (TPSA) is 63.2 Å². The third kappa shape index (κ3) is 10.5. The number of Topliss-reactive ketones (excluding diaryl/α,β-unsaturated/α-hetero) is 1. The third-order valence-corrected chi connectivity index (χ3v) is 4.12. The van der Waals surface area contributed by atoms with E-state index in [-0.39, 0.29) is 29.2 Å². The summed E-state index contributed by atoms with van der Waals surface area (Å²) in [5, 5.41) is 3.20. The summed E-state index contributed by atoms with van der Waals surface area (Å²) in [5.41, 5.74) is -0.00539. The van der Waals surface area contributed by atoms with Gasteiger partial charge in [-0.2, -0.15) is 0 Å². The fraction of sp³-hybridized carbons (Fsp3) is 0.917. The molecule has 0 aliphatic rings. The van der Waals surface area contributed by atoms with Gasteiger partial charge in [-0.05, 0) is 27.2 Å². The molecular formula is C12H25NO3S. The molecule has 0 aliphatic carbocycles. The van der Waals surface area contributed by atoms with Gasteiger partial charge >= 0.3 is 0 Å². The standard InChI is InChI=1S/C12H25NO3S/c1-5-9-17(15,16)10-7-11(14)6-8-13-12(2,3)4/h13H,5-10H2,1-4H3. The van der Waals surface area contributed by atoms with Gasteiger partial charge in [-0.15, -0.1) is 0 Å². The lowest BCUT2D eigenvalue weighted by atomic mass is 10.1. The van der Waals surface area contributed by atoms with Crippen LogP contribution in [0.5, 0.6) is 0 Å². The Morgan fingerprint density at radius 1 is 1.12 bits per heavy atom. The number of nitrogens with one attached hydrogen (secondary N) is 1. The van der Waals surface area contributed by atoms with Gasteiger partial charge in [0.1, 0.15) is 5.78 Å². The van der Waals surface area contributed by atoms with E-state index in [0.717, 1.165) is 0 Å². The molecule has 0 heterocycles. The van der Waals surface area contributed by atoms with E-state index >= 15 is 0 Å². The highest BCUT2D eigenvalue weighted by Crippen LogP contribution is 2.01. The number of hydrogen-bond acceptors (Lipinski definition) is 4. The second-order valence-corrected chi connectivity index (χ2v) is 7.67. The van der Waals surface area contributed by atoms with Crippen molar-refractivity contribution in [2.24, 2.45) is 0 Å². The van der Waals surface area contributed by atoms with Crippen LogP contribution in [0.25, 0.3) is 0 Å². The molecule has 1 N–H and O–H groups in total. The van der Waals surface area contributed by atoms with Crippen molar-refractivity contribution < 1.29 is 13.2 Å². The molecule has 0 fully saturated rings. The molecule has 0 saturated heterocycles. The second-order valence-electron chi connectivity index (χ2n) is 5.37. The summed E-state index contributed by atoms with van der Waals surface area (Å²) in [6, 6.07) is 0. The van der Waals surface area contributed by atoms with Crippen LogP contribution in [0.4, 0.5) is 0 Å². The van der Waals surface area contributed by atoms with Crippen LogP contribution in [0.15, 0.2) is 0 Å². The summed E-state index contributed by atoms with van der Waals surface area (Å²) in [6.07, 6.45) is 1.16. The molecule has 0 aromatic rings. The predicted molar refractivity (Wildman–Crippen MR) is 70.9 cm³/mol. The Hall–Kier alpha value is -0.420. The molecule has 0 rings (SSSR count). The van der Waals surface area contributed by atoms with Crippen molar-refractivity contribution in [2.75, 3.05) is 18.1 Å². The Morgan fingerprint density at radius 2 is 1.71 bits per heavy atom. The minimum atomic E-state index is -3.02. The summed E-state index contributed by atoms with van der Waals surface area (Å²) < 4.78 is 22.8. The van der Waals surface area contributed by atoms with Crippen LogP contribution in [-0.4, -0.2) is 37.8 Å². The Balaban J connectivity index is 3.82. The molecular weight excluding hydrogens is 238 g/mol. The molecule has 17 heavy (non-hydrogen) atoms. The number of hydrogen-bond donors (Lipinski definition) is 1. The average Bonchev–Trinajstić information content (AvgIpc) is 2.13. The van der Waals surface area contributed by atoms with E-state index in [1.165, 1.54) is 0 Å². The van der Waals surface area contributed by atoms with Gasteiger partial charge in [-0.25, -0.2) is 8.42 Å². The van der Waals surface area contributed by atoms with Crippen molar-refractivity contribution >= 4 is 15.6 Å². The van der Waals surface area contributed by atoms with Crippen LogP contribution >= 0.6 is 0 Å². The van der Waals surface area contributed by atoms with E-state index in [2.05, 4.69) is 5.32 Å². The van der Waals surface area contributed by atoms with E-state index in [0.29, 0.717) is 19.4 Å². The Kier molecular flexibility index (Phi) is 6.94. The number of sulfone groups is 1. The maximum Gasteiger partial charge on any atom is 0.150 e. The first kappa shape index (κ1) is 16.6. The highest BCUT2D eigenvalue weighted by atomic mass is 32.2. The SMILES string of the molecule is CCCS(=O)(=O)CCC(=O)CCNC(C)(C)C. The fourth-order valence-electron chi connectivity index (χ4n) is 1.38. The number of carbonyl (C=O) groups excluding carboxylic acids is 1. The first-order valence-corrected chi connectivity index (χ1v) is 7.95. The first-order valence-electron chi connectivity index (χ1n) is 6.13. The zero-order chi connectivity index (χ0) is 13.5. The van der Waals surface area contributed by atoms with Crippen LogP contribution in [0, 0.1) is 0 Å². The molecule has 4 nitrogen and oxygen atoms in total. The maximum absolute atomic E-state index is 11.5. The number of rotatable bonds is 8. The van der Waals surface area contributed by atoms with Gasteiger partial charge in [0.05, 0.1) is 5.75 Å². The van der Waals surface area contributed by atoms with Crippen molar-refractivity contribution in [1.29, 1.82) is 0 Å². The fourth-order valence-corrected chi connectivity index (χ4v) is 2.75. The molecule has 0 spiro atoms. The van der Waals surface area contributed by atoms with Crippen molar-refractivity contribution in [2.45, 2.75) is 52.5 Å². The Labute approximate surface area is 105 Å². The van der Waals surface area contributed by atoms with Gasteiger partial charge in [-0.1, -0.05) is 6.92 Å². The number of carbonyl (C=O) groups is 1. The van der Waals surface area contributed by atoms with Gasteiger partial charge in [0.25, 0.3) is 0 Å². The van der Waals surface area contributed by atoms with Crippen LogP contribution < -0.4 is 5.32 Å². The van der Waals surface area contributed by atoms with E-state index in [4.69, 9.17) is 0 Å². The highest BCUT2D eigenvalue weighted by Gasteiger charge is 2.13. The van der Waals surface area contributed by atoms with Gasteiger partial charge in [0, 0.05) is 30.7 Å². The summed E-state index contributed by atoms with van der Waals surface area (Å²) in [5.74, 6) is 0.192. The first-order chi connectivity index (χ1) is 7.66. The van der Waals surface area contributed by atoms with E-state index in [1.54, 1.807) is 0 Å². The van der Waals surface area contributed by atoms with Crippen molar-refractivity contribution in [3.8, 4) is 0 Å². The lowest BCUT2D eigenvalue weighted by Crippen LogP contribution is -2.37. The second kappa shape index (κ2) is 7.11. The molecule has 5 heteroatoms. The molecule has 0 atom stereocenters. The van der Waals surface area contributed by atoms with Crippen LogP contribution in [0.1, 0.15) is 47.0 Å². The predicted octanol–water partition coefficient (Wildman–Crippen LogP) is 1.55. The zero-order valence-electron chi connectivity index (χ0n) is 11.4. The van der Waals surface area contributed by atoms with Crippen LogP contribution in [-0.2, 0) is 14.6 Å². The molecule has 0 saturated carbocycles. The Morgan fingerprint density at radius 3 is 2.18 bits per heavy atom. The lowest BCUT2D eigenvalue weighted by molar-refractivity contribution is -0.118. The van der Waals surface area contributed by atoms with Crippen LogP contribution in [0.3, 0.4) is 0 Å². The normalized spacial score (nSPS) is 12.7. The molecule has 0 unspecified atom stereocenters. The minimum Gasteiger partial charge on any atom is -0.312 e. The quantitative estimate of drug-likeness (QED) is 0.721. The number of ketones is 1. The highest BCUT2D eigenvalue weighted by molar-refractivity contribution is 7.91. The molecule has 0 amide bonds. The van der Waals surface area contributed by atoms with Crippen molar-refractivity contribution in [3.63, 3.8) is 0 Å². The van der Waals surface area contributed by atoms with Crippen molar-refractivity contribution in [3.05, 3.63) is 0 Å². The lowest BCUT2D eigenvalue weighted by Gasteiger charge is -2.20.